The van der Waals surface area contributed by atoms with Crippen molar-refractivity contribution in [2.75, 3.05) is 0 Å². The van der Waals surface area contributed by atoms with Crippen LogP contribution in [0.4, 0.5) is 0 Å². The largest absolute Gasteiger partial charge is 0.361 e. The van der Waals surface area contributed by atoms with E-state index in [4.69, 9.17) is 4.52 Å². The monoisotopic (exact) mass is 350 g/mol. The molecule has 2 heterocycles. The van der Waals surface area contributed by atoms with Crippen molar-refractivity contribution in [3.05, 3.63) is 75.5 Å². The first-order chi connectivity index (χ1) is 12.4. The second kappa shape index (κ2) is 7.73. The molecule has 3 rings (SSSR count). The lowest BCUT2D eigenvalue weighted by Crippen LogP contribution is -2.19. The molecule has 0 aliphatic rings. The lowest BCUT2D eigenvalue weighted by Gasteiger charge is -2.10. The minimum Gasteiger partial charge on any atom is -0.361 e. The fourth-order valence-electron chi connectivity index (χ4n) is 3.16. The van der Waals surface area contributed by atoms with Gasteiger partial charge >= 0.3 is 0 Å². The molecule has 4 nitrogen and oxygen atoms in total. The summed E-state index contributed by atoms with van der Waals surface area (Å²) in [6.07, 6.45) is 4.18. The molecule has 0 aliphatic carbocycles. The number of nitrogens with zero attached hydrogens (tertiary/aromatic N) is 2. The maximum absolute atomic E-state index is 12.3. The highest BCUT2D eigenvalue weighted by atomic mass is 16.5. The Morgan fingerprint density at radius 1 is 1.04 bits per heavy atom. The SMILES string of the molecule is Cc1noc(C)c1-c1ccc(=O)n(Cc2ccc(CCC(C)C)cc2)c1. The molecule has 3 aromatic rings. The van der Waals surface area contributed by atoms with Gasteiger partial charge < -0.3 is 9.09 Å². The van der Waals surface area contributed by atoms with Crippen LogP contribution in [0, 0.1) is 19.8 Å². The molecule has 2 aromatic heterocycles. The number of aryl methyl sites for hydroxylation is 3. The van der Waals surface area contributed by atoms with E-state index in [1.165, 1.54) is 12.0 Å². The third-order valence-corrected chi connectivity index (χ3v) is 4.69. The van der Waals surface area contributed by atoms with Crippen LogP contribution in [0.15, 0.2) is 51.9 Å². The summed E-state index contributed by atoms with van der Waals surface area (Å²) >= 11 is 0. The Labute approximate surface area is 154 Å². The van der Waals surface area contributed by atoms with Gasteiger partial charge in [0.1, 0.15) is 5.76 Å². The summed E-state index contributed by atoms with van der Waals surface area (Å²) in [4.78, 5) is 12.3. The minimum atomic E-state index is -0.00982. The molecule has 0 radical (unpaired) electrons. The maximum Gasteiger partial charge on any atom is 0.250 e. The number of aromatic nitrogens is 2. The van der Waals surface area contributed by atoms with E-state index in [0.717, 1.165) is 34.6 Å². The smallest absolute Gasteiger partial charge is 0.250 e. The number of pyridine rings is 1. The molecule has 0 amide bonds. The van der Waals surface area contributed by atoms with Crippen molar-refractivity contribution < 1.29 is 4.52 Å². The summed E-state index contributed by atoms with van der Waals surface area (Å²) in [7, 11) is 0. The van der Waals surface area contributed by atoms with Crippen molar-refractivity contribution >= 4 is 0 Å². The predicted molar refractivity (Wildman–Crippen MR) is 104 cm³/mol. The fourth-order valence-corrected chi connectivity index (χ4v) is 3.16. The molecule has 0 unspecified atom stereocenters. The van der Waals surface area contributed by atoms with Gasteiger partial charge in [0.05, 0.1) is 12.2 Å². The third-order valence-electron chi connectivity index (χ3n) is 4.69. The van der Waals surface area contributed by atoms with Crippen LogP contribution in [0.25, 0.3) is 11.1 Å². The van der Waals surface area contributed by atoms with Crippen LogP contribution in [0.2, 0.25) is 0 Å². The average Bonchev–Trinajstić information content (AvgIpc) is 2.95. The predicted octanol–water partition coefficient (Wildman–Crippen LogP) is 4.76. The summed E-state index contributed by atoms with van der Waals surface area (Å²) in [6, 6.07) is 12.0. The first-order valence-electron chi connectivity index (χ1n) is 9.15. The quantitative estimate of drug-likeness (QED) is 0.644. The van der Waals surface area contributed by atoms with Gasteiger partial charge in [0, 0.05) is 23.4 Å². The highest BCUT2D eigenvalue weighted by molar-refractivity contribution is 5.66. The van der Waals surface area contributed by atoms with Crippen molar-refractivity contribution in [3.63, 3.8) is 0 Å². The van der Waals surface area contributed by atoms with Crippen molar-refractivity contribution in [2.24, 2.45) is 5.92 Å². The summed E-state index contributed by atoms with van der Waals surface area (Å²) in [5, 5.41) is 4.01. The summed E-state index contributed by atoms with van der Waals surface area (Å²) in [5.41, 5.74) is 5.21. The Hall–Kier alpha value is -2.62. The van der Waals surface area contributed by atoms with Crippen LogP contribution >= 0.6 is 0 Å². The second-order valence-corrected chi connectivity index (χ2v) is 7.33. The van der Waals surface area contributed by atoms with Gasteiger partial charge in [-0.3, -0.25) is 4.79 Å². The molecule has 4 heteroatoms. The molecule has 0 N–H and O–H groups in total. The normalized spacial score (nSPS) is 11.3. The van der Waals surface area contributed by atoms with E-state index in [1.54, 1.807) is 10.6 Å². The highest BCUT2D eigenvalue weighted by Crippen LogP contribution is 2.25. The highest BCUT2D eigenvalue weighted by Gasteiger charge is 2.12. The average molecular weight is 350 g/mol. The van der Waals surface area contributed by atoms with Gasteiger partial charge in [0.25, 0.3) is 5.56 Å². The zero-order chi connectivity index (χ0) is 18.7. The molecule has 0 aliphatic heterocycles. The van der Waals surface area contributed by atoms with E-state index in [9.17, 15) is 4.79 Å². The van der Waals surface area contributed by atoms with Crippen LogP contribution in [0.3, 0.4) is 0 Å². The topological polar surface area (TPSA) is 48.0 Å². The van der Waals surface area contributed by atoms with E-state index in [0.29, 0.717) is 12.5 Å². The second-order valence-electron chi connectivity index (χ2n) is 7.33. The molecule has 0 fully saturated rings. The molecular formula is C22H26N2O2. The lowest BCUT2D eigenvalue weighted by atomic mass is 10.0. The van der Waals surface area contributed by atoms with Crippen molar-refractivity contribution in [1.29, 1.82) is 0 Å². The van der Waals surface area contributed by atoms with E-state index < -0.39 is 0 Å². The maximum atomic E-state index is 12.3. The zero-order valence-corrected chi connectivity index (χ0v) is 16.0. The van der Waals surface area contributed by atoms with Crippen LogP contribution < -0.4 is 5.56 Å². The van der Waals surface area contributed by atoms with Gasteiger partial charge in [-0.1, -0.05) is 43.3 Å². The van der Waals surface area contributed by atoms with Crippen LogP contribution in [0.5, 0.6) is 0 Å². The van der Waals surface area contributed by atoms with E-state index in [2.05, 4.69) is 43.3 Å². The molecule has 0 bridgehead atoms. The van der Waals surface area contributed by atoms with Crippen molar-refractivity contribution in [1.82, 2.24) is 9.72 Å². The van der Waals surface area contributed by atoms with Gasteiger partial charge in [0.15, 0.2) is 0 Å². The van der Waals surface area contributed by atoms with Gasteiger partial charge in [-0.25, -0.2) is 0 Å². The van der Waals surface area contributed by atoms with Gasteiger partial charge in [0.2, 0.25) is 0 Å². The molecule has 26 heavy (non-hydrogen) atoms. The molecule has 136 valence electrons. The van der Waals surface area contributed by atoms with Crippen molar-refractivity contribution in [2.45, 2.75) is 47.1 Å². The first kappa shape index (κ1) is 18.2. The lowest BCUT2D eigenvalue weighted by molar-refractivity contribution is 0.393. The number of benzene rings is 1. The molecule has 1 aromatic carbocycles. The molecule has 0 atom stereocenters. The van der Waals surface area contributed by atoms with Crippen LogP contribution in [-0.4, -0.2) is 9.72 Å². The van der Waals surface area contributed by atoms with E-state index >= 15 is 0 Å². The molecule has 0 saturated heterocycles. The van der Waals surface area contributed by atoms with Gasteiger partial charge in [-0.15, -0.1) is 0 Å². The Balaban J connectivity index is 1.82. The van der Waals surface area contributed by atoms with Gasteiger partial charge in [-0.2, -0.15) is 0 Å². The molecular weight excluding hydrogens is 324 g/mol. The summed E-state index contributed by atoms with van der Waals surface area (Å²) in [5.74, 6) is 1.47. The van der Waals surface area contributed by atoms with Crippen LogP contribution in [-0.2, 0) is 13.0 Å². The molecule has 0 spiro atoms. The first-order valence-corrected chi connectivity index (χ1v) is 9.15. The van der Waals surface area contributed by atoms with E-state index in [1.807, 2.05) is 26.1 Å². The number of hydrogen-bond donors (Lipinski definition) is 0. The van der Waals surface area contributed by atoms with Crippen LogP contribution in [0.1, 0.15) is 42.8 Å². The Morgan fingerprint density at radius 2 is 1.73 bits per heavy atom. The Kier molecular flexibility index (Phi) is 5.40. The Bertz CT molecular complexity index is 914. The zero-order valence-electron chi connectivity index (χ0n) is 16.0. The summed E-state index contributed by atoms with van der Waals surface area (Å²) in [6.45, 7) is 8.85. The third kappa shape index (κ3) is 4.13. The fraction of sp³-hybridized carbons (Fsp3) is 0.364. The minimum absolute atomic E-state index is 0.00982. The Morgan fingerprint density at radius 3 is 2.35 bits per heavy atom. The number of hydrogen-bond acceptors (Lipinski definition) is 3. The van der Waals surface area contributed by atoms with E-state index in [-0.39, 0.29) is 5.56 Å². The molecule has 0 saturated carbocycles. The van der Waals surface area contributed by atoms with Crippen molar-refractivity contribution in [3.8, 4) is 11.1 Å². The van der Waals surface area contributed by atoms with Gasteiger partial charge in [-0.05, 0) is 49.8 Å². The summed E-state index contributed by atoms with van der Waals surface area (Å²) < 4.78 is 6.99. The standard InChI is InChI=1S/C22H26N2O2/c1-15(2)5-6-18-7-9-19(10-8-18)13-24-14-20(11-12-21(24)25)22-16(3)23-26-17(22)4/h7-12,14-15H,5-6,13H2,1-4H3. The number of rotatable bonds is 6.